The standard InChI is InChI=1S/C21H34N4O2S/c1-4-22-20(24(2)15-18-5-7-19(26-3)8-6-18)23-16-21(9-14-28-17-21)25-10-12-27-13-11-25/h5-8H,4,9-17H2,1-3H3,(H,22,23). The van der Waals surface area contributed by atoms with E-state index in [9.17, 15) is 0 Å². The number of nitrogens with zero attached hydrogens (tertiary/aromatic N) is 3. The minimum atomic E-state index is 0.177. The number of hydrogen-bond acceptors (Lipinski definition) is 5. The molecule has 7 heteroatoms. The second-order valence-corrected chi connectivity index (χ2v) is 8.61. The summed E-state index contributed by atoms with van der Waals surface area (Å²) in [6.45, 7) is 8.37. The molecular weight excluding hydrogens is 372 g/mol. The summed E-state index contributed by atoms with van der Waals surface area (Å²) < 4.78 is 10.8. The van der Waals surface area contributed by atoms with Crippen molar-refractivity contribution in [3.8, 4) is 5.75 Å². The number of aliphatic imine (C=N–C) groups is 1. The number of rotatable bonds is 7. The molecule has 2 aliphatic rings. The van der Waals surface area contributed by atoms with E-state index in [1.807, 2.05) is 12.1 Å². The van der Waals surface area contributed by atoms with E-state index in [4.69, 9.17) is 14.5 Å². The summed E-state index contributed by atoms with van der Waals surface area (Å²) in [5.41, 5.74) is 1.42. The number of benzene rings is 1. The van der Waals surface area contributed by atoms with Crippen LogP contribution in [0, 0.1) is 0 Å². The molecule has 1 aromatic rings. The Morgan fingerprint density at radius 1 is 1.32 bits per heavy atom. The fourth-order valence-corrected chi connectivity index (χ4v) is 5.35. The molecule has 1 aromatic carbocycles. The highest BCUT2D eigenvalue weighted by atomic mass is 32.2. The Bertz CT molecular complexity index is 626. The number of guanidine groups is 1. The van der Waals surface area contributed by atoms with Crippen LogP contribution in [0.1, 0.15) is 18.9 Å². The van der Waals surface area contributed by atoms with Crippen LogP contribution in [0.2, 0.25) is 0 Å². The summed E-state index contributed by atoms with van der Waals surface area (Å²) in [5, 5.41) is 3.47. The zero-order chi connectivity index (χ0) is 19.8. The molecule has 6 nitrogen and oxygen atoms in total. The molecule has 156 valence electrons. The lowest BCUT2D eigenvalue weighted by Gasteiger charge is -2.42. The van der Waals surface area contributed by atoms with Gasteiger partial charge in [-0.05, 0) is 36.8 Å². The van der Waals surface area contributed by atoms with Crippen LogP contribution >= 0.6 is 11.8 Å². The highest BCUT2D eigenvalue weighted by molar-refractivity contribution is 7.99. The monoisotopic (exact) mass is 406 g/mol. The van der Waals surface area contributed by atoms with Gasteiger partial charge >= 0.3 is 0 Å². The summed E-state index contributed by atoms with van der Waals surface area (Å²) in [4.78, 5) is 9.91. The molecule has 0 saturated carbocycles. The molecule has 0 bridgehead atoms. The number of morpholine rings is 1. The first kappa shape index (κ1) is 21.3. The van der Waals surface area contributed by atoms with Crippen molar-refractivity contribution >= 4 is 17.7 Å². The second-order valence-electron chi connectivity index (χ2n) is 7.50. The smallest absolute Gasteiger partial charge is 0.194 e. The lowest BCUT2D eigenvalue weighted by Crippen LogP contribution is -2.56. The van der Waals surface area contributed by atoms with E-state index in [0.29, 0.717) is 0 Å². The first-order chi connectivity index (χ1) is 13.7. The van der Waals surface area contributed by atoms with Gasteiger partial charge in [0.2, 0.25) is 0 Å². The number of methoxy groups -OCH3 is 1. The quantitative estimate of drug-likeness (QED) is 0.554. The molecule has 1 unspecified atom stereocenters. The number of thioether (sulfide) groups is 1. The van der Waals surface area contributed by atoms with Crippen molar-refractivity contribution in [2.45, 2.75) is 25.4 Å². The van der Waals surface area contributed by atoms with Gasteiger partial charge in [-0.1, -0.05) is 12.1 Å². The molecule has 2 aliphatic heterocycles. The van der Waals surface area contributed by atoms with E-state index in [1.165, 1.54) is 17.7 Å². The molecule has 28 heavy (non-hydrogen) atoms. The Hall–Kier alpha value is -1.44. The van der Waals surface area contributed by atoms with Gasteiger partial charge in [-0.2, -0.15) is 11.8 Å². The number of nitrogens with one attached hydrogen (secondary N) is 1. The molecule has 1 atom stereocenters. The fraction of sp³-hybridized carbons (Fsp3) is 0.667. The molecule has 2 saturated heterocycles. The second kappa shape index (κ2) is 10.4. The summed E-state index contributed by atoms with van der Waals surface area (Å²) >= 11 is 2.06. The van der Waals surface area contributed by atoms with E-state index in [1.54, 1.807) is 7.11 Å². The Balaban J connectivity index is 1.69. The third-order valence-electron chi connectivity index (χ3n) is 5.56. The van der Waals surface area contributed by atoms with Crippen LogP contribution in [-0.2, 0) is 11.3 Å². The average molecular weight is 407 g/mol. The maximum absolute atomic E-state index is 5.58. The van der Waals surface area contributed by atoms with Gasteiger partial charge in [0.1, 0.15) is 5.75 Å². The molecule has 1 N–H and O–H groups in total. The SMILES string of the molecule is CCNC(=NCC1(N2CCOCC2)CCSC1)N(C)Cc1ccc(OC)cc1. The minimum absolute atomic E-state index is 0.177. The topological polar surface area (TPSA) is 49.3 Å². The van der Waals surface area contributed by atoms with Crippen molar-refractivity contribution < 1.29 is 9.47 Å². The zero-order valence-electron chi connectivity index (χ0n) is 17.4. The van der Waals surface area contributed by atoms with Crippen molar-refractivity contribution in [1.82, 2.24) is 15.1 Å². The van der Waals surface area contributed by atoms with Gasteiger partial charge in [0.15, 0.2) is 5.96 Å². The molecule has 0 aliphatic carbocycles. The van der Waals surface area contributed by atoms with Gasteiger partial charge in [-0.25, -0.2) is 0 Å². The largest absolute Gasteiger partial charge is 0.497 e. The van der Waals surface area contributed by atoms with Crippen LogP contribution in [0.15, 0.2) is 29.3 Å². The van der Waals surface area contributed by atoms with Crippen molar-refractivity contribution in [1.29, 1.82) is 0 Å². The van der Waals surface area contributed by atoms with E-state index in [0.717, 1.165) is 63.4 Å². The average Bonchev–Trinajstić information content (AvgIpc) is 3.22. The van der Waals surface area contributed by atoms with E-state index >= 15 is 0 Å². The third kappa shape index (κ3) is 5.33. The van der Waals surface area contributed by atoms with Crippen molar-refractivity contribution in [3.63, 3.8) is 0 Å². The summed E-state index contributed by atoms with van der Waals surface area (Å²) in [5.74, 6) is 4.25. The summed E-state index contributed by atoms with van der Waals surface area (Å²) in [7, 11) is 3.80. The van der Waals surface area contributed by atoms with Crippen LogP contribution < -0.4 is 10.1 Å². The molecule has 0 spiro atoms. The predicted octanol–water partition coefficient (Wildman–Crippen LogP) is 2.30. The Morgan fingerprint density at radius 3 is 2.68 bits per heavy atom. The number of hydrogen-bond donors (Lipinski definition) is 1. The van der Waals surface area contributed by atoms with Gasteiger partial charge in [-0.15, -0.1) is 0 Å². The Kier molecular flexibility index (Phi) is 7.88. The van der Waals surface area contributed by atoms with Crippen LogP contribution in [0.25, 0.3) is 0 Å². The molecule has 0 amide bonds. The normalized spacial score (nSPS) is 23.6. The third-order valence-corrected chi connectivity index (χ3v) is 6.80. The minimum Gasteiger partial charge on any atom is -0.497 e. The highest BCUT2D eigenvalue weighted by Crippen LogP contribution is 2.34. The van der Waals surface area contributed by atoms with Gasteiger partial charge in [0.25, 0.3) is 0 Å². The van der Waals surface area contributed by atoms with Gasteiger partial charge in [0.05, 0.1) is 32.4 Å². The van der Waals surface area contributed by atoms with Crippen LogP contribution in [0.3, 0.4) is 0 Å². The molecule has 3 rings (SSSR count). The van der Waals surface area contributed by atoms with E-state index < -0.39 is 0 Å². The molecular formula is C21H34N4O2S. The van der Waals surface area contributed by atoms with Gasteiger partial charge in [0, 0.05) is 39.0 Å². The Morgan fingerprint density at radius 2 is 2.07 bits per heavy atom. The van der Waals surface area contributed by atoms with Gasteiger partial charge in [-0.3, -0.25) is 9.89 Å². The maximum atomic E-state index is 5.58. The lowest BCUT2D eigenvalue weighted by molar-refractivity contribution is -0.0105. The zero-order valence-corrected chi connectivity index (χ0v) is 18.3. The first-order valence-electron chi connectivity index (χ1n) is 10.2. The summed E-state index contributed by atoms with van der Waals surface area (Å²) in [6.07, 6.45) is 1.21. The molecule has 2 heterocycles. The van der Waals surface area contributed by atoms with E-state index in [-0.39, 0.29) is 5.54 Å². The Labute approximate surface area is 173 Å². The fourth-order valence-electron chi connectivity index (χ4n) is 3.88. The van der Waals surface area contributed by atoms with Crippen LogP contribution in [0.4, 0.5) is 0 Å². The molecule has 2 fully saturated rings. The van der Waals surface area contributed by atoms with Crippen molar-refractivity contribution in [2.75, 3.05) is 65.1 Å². The maximum Gasteiger partial charge on any atom is 0.194 e. The highest BCUT2D eigenvalue weighted by Gasteiger charge is 2.40. The van der Waals surface area contributed by atoms with Crippen molar-refractivity contribution in [2.24, 2.45) is 4.99 Å². The molecule has 0 aromatic heterocycles. The predicted molar refractivity (Wildman–Crippen MR) is 118 cm³/mol. The van der Waals surface area contributed by atoms with Crippen LogP contribution in [0.5, 0.6) is 5.75 Å². The van der Waals surface area contributed by atoms with Gasteiger partial charge < -0.3 is 19.7 Å². The lowest BCUT2D eigenvalue weighted by atomic mass is 9.96. The molecule has 0 radical (unpaired) electrons. The number of ether oxygens (including phenoxy) is 2. The van der Waals surface area contributed by atoms with Crippen LogP contribution in [-0.4, -0.2) is 86.4 Å². The summed E-state index contributed by atoms with van der Waals surface area (Å²) in [6, 6.07) is 8.25. The van der Waals surface area contributed by atoms with Crippen molar-refractivity contribution in [3.05, 3.63) is 29.8 Å². The first-order valence-corrected chi connectivity index (χ1v) is 11.4. The van der Waals surface area contributed by atoms with E-state index in [2.05, 4.69) is 53.0 Å².